The predicted octanol–water partition coefficient (Wildman–Crippen LogP) is 4.97. The van der Waals surface area contributed by atoms with E-state index in [9.17, 15) is 4.79 Å². The molecule has 0 bridgehead atoms. The smallest absolute Gasteiger partial charge is 0.327 e. The van der Waals surface area contributed by atoms with E-state index >= 15 is 0 Å². The number of fused-ring (bicyclic) bond motifs is 1. The van der Waals surface area contributed by atoms with Gasteiger partial charge in [0.05, 0.1) is 7.11 Å². The Morgan fingerprint density at radius 1 is 1.10 bits per heavy atom. The van der Waals surface area contributed by atoms with Gasteiger partial charge < -0.3 is 4.74 Å². The first kappa shape index (κ1) is 21.4. The zero-order valence-electron chi connectivity index (χ0n) is 18.2. The average Bonchev–Trinajstić information content (AvgIpc) is 3.27. The summed E-state index contributed by atoms with van der Waals surface area (Å²) in [6.45, 7) is 1.92. The Balaban J connectivity index is 1.22. The van der Waals surface area contributed by atoms with Gasteiger partial charge in [-0.25, -0.2) is 14.8 Å². The highest BCUT2D eigenvalue weighted by atomic mass is 16.5. The molecule has 2 aromatic heterocycles. The van der Waals surface area contributed by atoms with Crippen LogP contribution in [0.1, 0.15) is 49.4 Å². The number of benzene rings is 1. The lowest BCUT2D eigenvalue weighted by atomic mass is 9.99. The Morgan fingerprint density at radius 2 is 1.97 bits per heavy atom. The molecule has 0 aliphatic carbocycles. The van der Waals surface area contributed by atoms with E-state index in [1.54, 1.807) is 6.20 Å². The van der Waals surface area contributed by atoms with Crippen LogP contribution in [0.4, 0.5) is 0 Å². The third kappa shape index (κ3) is 5.47. The minimum atomic E-state index is -0.288. The van der Waals surface area contributed by atoms with Crippen LogP contribution in [0.15, 0.2) is 60.8 Å². The van der Waals surface area contributed by atoms with Crippen LogP contribution in [-0.2, 0) is 16.0 Å². The predicted molar refractivity (Wildman–Crippen MR) is 123 cm³/mol. The zero-order chi connectivity index (χ0) is 21.5. The van der Waals surface area contributed by atoms with Crippen molar-refractivity contribution in [1.82, 2.24) is 14.9 Å². The van der Waals surface area contributed by atoms with Gasteiger partial charge in [-0.3, -0.25) is 4.90 Å². The van der Waals surface area contributed by atoms with Crippen molar-refractivity contribution in [3.63, 3.8) is 0 Å². The number of hydrogen-bond donors (Lipinski definition) is 0. The first-order valence-corrected chi connectivity index (χ1v) is 11.3. The van der Waals surface area contributed by atoms with Crippen LogP contribution >= 0.6 is 0 Å². The van der Waals surface area contributed by atoms with E-state index in [1.807, 2.05) is 42.5 Å². The highest BCUT2D eigenvalue weighted by Gasteiger charge is 2.33. The Hall–Kier alpha value is -2.79. The van der Waals surface area contributed by atoms with Gasteiger partial charge in [-0.1, -0.05) is 43.2 Å². The van der Waals surface area contributed by atoms with Gasteiger partial charge in [0.25, 0.3) is 0 Å². The maximum atomic E-state index is 12.4. The number of aryl methyl sites for hydroxylation is 1. The molecular formula is C26H31N3O2. The van der Waals surface area contributed by atoms with Crippen molar-refractivity contribution < 1.29 is 9.53 Å². The molecule has 1 saturated heterocycles. The molecule has 3 heterocycles. The lowest BCUT2D eigenvalue weighted by molar-refractivity contribution is -0.147. The molecule has 31 heavy (non-hydrogen) atoms. The van der Waals surface area contributed by atoms with Crippen molar-refractivity contribution in [1.29, 1.82) is 0 Å². The van der Waals surface area contributed by atoms with Gasteiger partial charge in [-0.15, -0.1) is 0 Å². The summed E-state index contributed by atoms with van der Waals surface area (Å²) < 4.78 is 5.11. The van der Waals surface area contributed by atoms with E-state index in [0.29, 0.717) is 5.92 Å². The van der Waals surface area contributed by atoms with Crippen molar-refractivity contribution in [2.75, 3.05) is 20.2 Å². The minimum Gasteiger partial charge on any atom is -0.468 e. The number of esters is 1. The number of carbonyl (C=O) groups excluding carboxylic acids is 1. The monoisotopic (exact) mass is 417 g/mol. The molecule has 5 heteroatoms. The van der Waals surface area contributed by atoms with E-state index in [0.717, 1.165) is 54.6 Å². The molecule has 1 aliphatic heterocycles. The standard InChI is InChI=1S/C26H31N3O2/c1-31-26(30)24(21-10-5-3-6-11-21)29-18-16-20(19-29)9-4-2-7-13-23-15-14-22-12-8-17-27-25(22)28-23/h3,5-6,8,10-12,14-15,17,20,24H,2,4,7,9,13,16,18-19H2,1H3. The first-order valence-electron chi connectivity index (χ1n) is 11.3. The largest absolute Gasteiger partial charge is 0.468 e. The van der Waals surface area contributed by atoms with E-state index < -0.39 is 0 Å². The summed E-state index contributed by atoms with van der Waals surface area (Å²) in [5.74, 6) is 0.489. The van der Waals surface area contributed by atoms with Gasteiger partial charge in [-0.2, -0.15) is 0 Å². The van der Waals surface area contributed by atoms with Crippen LogP contribution < -0.4 is 0 Å². The number of methoxy groups -OCH3 is 1. The Labute approximate surface area is 184 Å². The number of carbonyl (C=O) groups is 1. The van der Waals surface area contributed by atoms with Crippen LogP contribution in [0.2, 0.25) is 0 Å². The van der Waals surface area contributed by atoms with Crippen molar-refractivity contribution in [2.45, 2.75) is 44.6 Å². The zero-order valence-corrected chi connectivity index (χ0v) is 18.2. The second kappa shape index (κ2) is 10.5. The molecule has 3 aromatic rings. The summed E-state index contributed by atoms with van der Waals surface area (Å²) in [5.41, 5.74) is 2.99. The number of ether oxygens (including phenoxy) is 1. The maximum absolute atomic E-state index is 12.4. The second-order valence-corrected chi connectivity index (χ2v) is 8.44. The molecule has 1 fully saturated rings. The number of nitrogens with zero attached hydrogens (tertiary/aromatic N) is 3. The molecule has 1 aromatic carbocycles. The topological polar surface area (TPSA) is 55.3 Å². The van der Waals surface area contributed by atoms with Crippen LogP contribution in [0, 0.1) is 5.92 Å². The molecule has 4 rings (SSSR count). The van der Waals surface area contributed by atoms with Crippen molar-refractivity contribution >= 4 is 17.0 Å². The number of unbranched alkanes of at least 4 members (excludes halogenated alkanes) is 2. The number of pyridine rings is 2. The van der Waals surface area contributed by atoms with Crippen LogP contribution in [0.25, 0.3) is 11.0 Å². The number of rotatable bonds is 9. The SMILES string of the molecule is COC(=O)C(c1ccccc1)N1CCC(CCCCCc2ccc3cccnc3n2)C1. The molecule has 0 N–H and O–H groups in total. The van der Waals surface area contributed by atoms with Gasteiger partial charge in [0.1, 0.15) is 6.04 Å². The van der Waals surface area contributed by atoms with Gasteiger partial charge in [0.2, 0.25) is 0 Å². The van der Waals surface area contributed by atoms with Gasteiger partial charge in [-0.05, 0) is 68.0 Å². The van der Waals surface area contributed by atoms with Crippen LogP contribution in [-0.4, -0.2) is 41.0 Å². The number of aromatic nitrogens is 2. The quantitative estimate of drug-likeness (QED) is 0.363. The van der Waals surface area contributed by atoms with E-state index in [1.165, 1.54) is 26.4 Å². The van der Waals surface area contributed by atoms with Crippen molar-refractivity contribution in [3.8, 4) is 0 Å². The van der Waals surface area contributed by atoms with Crippen LogP contribution in [0.5, 0.6) is 0 Å². The maximum Gasteiger partial charge on any atom is 0.327 e. The summed E-state index contributed by atoms with van der Waals surface area (Å²) in [4.78, 5) is 23.8. The Morgan fingerprint density at radius 3 is 2.81 bits per heavy atom. The summed E-state index contributed by atoms with van der Waals surface area (Å²) in [5, 5.41) is 1.10. The number of likely N-dealkylation sites (tertiary alicyclic amines) is 1. The van der Waals surface area contributed by atoms with E-state index in [-0.39, 0.29) is 12.0 Å². The summed E-state index contributed by atoms with van der Waals surface area (Å²) in [6.07, 6.45) is 8.74. The van der Waals surface area contributed by atoms with Gasteiger partial charge in [0, 0.05) is 23.8 Å². The third-order valence-electron chi connectivity index (χ3n) is 6.29. The lowest BCUT2D eigenvalue weighted by Crippen LogP contribution is -2.33. The molecule has 0 spiro atoms. The molecule has 1 aliphatic rings. The summed E-state index contributed by atoms with van der Waals surface area (Å²) >= 11 is 0. The summed E-state index contributed by atoms with van der Waals surface area (Å²) in [7, 11) is 1.48. The Bertz CT molecular complexity index is 992. The normalized spacial score (nSPS) is 17.6. The highest BCUT2D eigenvalue weighted by molar-refractivity contribution is 5.77. The fourth-order valence-electron chi connectivity index (χ4n) is 4.62. The number of hydrogen-bond acceptors (Lipinski definition) is 5. The fourth-order valence-corrected chi connectivity index (χ4v) is 4.62. The van der Waals surface area contributed by atoms with Gasteiger partial charge in [0.15, 0.2) is 5.65 Å². The van der Waals surface area contributed by atoms with Crippen molar-refractivity contribution in [3.05, 3.63) is 72.1 Å². The molecule has 162 valence electrons. The fraction of sp³-hybridized carbons (Fsp3) is 0.423. The Kier molecular flexibility index (Phi) is 7.26. The highest BCUT2D eigenvalue weighted by Crippen LogP contribution is 2.31. The summed E-state index contributed by atoms with van der Waals surface area (Å²) in [6, 6.07) is 17.9. The van der Waals surface area contributed by atoms with Crippen LogP contribution in [0.3, 0.4) is 0 Å². The van der Waals surface area contributed by atoms with Gasteiger partial charge >= 0.3 is 5.97 Å². The molecule has 2 unspecified atom stereocenters. The molecule has 5 nitrogen and oxygen atoms in total. The second-order valence-electron chi connectivity index (χ2n) is 8.44. The van der Waals surface area contributed by atoms with E-state index in [2.05, 4.69) is 27.0 Å². The minimum absolute atomic E-state index is 0.163. The lowest BCUT2D eigenvalue weighted by Gasteiger charge is -2.26. The molecule has 0 saturated carbocycles. The molecule has 0 radical (unpaired) electrons. The first-order chi connectivity index (χ1) is 15.2. The third-order valence-corrected chi connectivity index (χ3v) is 6.29. The van der Waals surface area contributed by atoms with E-state index in [4.69, 9.17) is 4.74 Å². The molecule has 0 amide bonds. The average molecular weight is 418 g/mol. The molecule has 2 atom stereocenters. The molecular weight excluding hydrogens is 386 g/mol. The van der Waals surface area contributed by atoms with Crippen molar-refractivity contribution in [2.24, 2.45) is 5.92 Å².